The molecule has 0 atom stereocenters. The van der Waals surface area contributed by atoms with E-state index in [0.717, 1.165) is 63.8 Å². The van der Waals surface area contributed by atoms with E-state index in [-0.39, 0.29) is 5.28 Å². The molecule has 9 heteroatoms. The van der Waals surface area contributed by atoms with Gasteiger partial charge in [-0.15, -0.1) is 11.3 Å². The van der Waals surface area contributed by atoms with Gasteiger partial charge in [0.2, 0.25) is 11.2 Å². The zero-order chi connectivity index (χ0) is 19.8. The SMILES string of the molecule is Clc1nc(N2CCN(c3ncccn3)CC2)c2c(-c3ccc(Br)cc3)csc2n1. The van der Waals surface area contributed by atoms with Gasteiger partial charge in [-0.2, -0.15) is 4.98 Å². The van der Waals surface area contributed by atoms with Gasteiger partial charge < -0.3 is 9.80 Å². The van der Waals surface area contributed by atoms with Gasteiger partial charge in [0, 0.05) is 54.0 Å². The van der Waals surface area contributed by atoms with Crippen LogP contribution in [0.3, 0.4) is 0 Å². The third-order valence-electron chi connectivity index (χ3n) is 4.96. The first kappa shape index (κ1) is 18.7. The molecule has 5 rings (SSSR count). The number of halogens is 2. The van der Waals surface area contributed by atoms with Gasteiger partial charge in [0.25, 0.3) is 0 Å². The van der Waals surface area contributed by atoms with Gasteiger partial charge in [-0.1, -0.05) is 28.1 Å². The minimum atomic E-state index is 0.283. The van der Waals surface area contributed by atoms with Gasteiger partial charge in [0.15, 0.2) is 0 Å². The number of nitrogens with zero attached hydrogens (tertiary/aromatic N) is 6. The minimum absolute atomic E-state index is 0.283. The predicted octanol–water partition coefficient (Wildman–Crippen LogP) is 4.89. The van der Waals surface area contributed by atoms with Crippen molar-refractivity contribution >= 4 is 60.9 Å². The summed E-state index contributed by atoms with van der Waals surface area (Å²) >= 11 is 11.4. The molecule has 0 saturated carbocycles. The van der Waals surface area contributed by atoms with E-state index >= 15 is 0 Å². The minimum Gasteiger partial charge on any atom is -0.352 e. The molecule has 1 aromatic carbocycles. The zero-order valence-corrected chi connectivity index (χ0v) is 18.5. The van der Waals surface area contributed by atoms with E-state index in [1.54, 1.807) is 23.7 Å². The van der Waals surface area contributed by atoms with E-state index in [2.05, 4.69) is 63.2 Å². The Morgan fingerprint density at radius 2 is 1.62 bits per heavy atom. The first-order chi connectivity index (χ1) is 14.2. The quantitative estimate of drug-likeness (QED) is 0.384. The molecule has 4 aromatic rings. The van der Waals surface area contributed by atoms with Crippen LogP contribution in [0.5, 0.6) is 0 Å². The van der Waals surface area contributed by atoms with Gasteiger partial charge in [0.05, 0.1) is 5.39 Å². The number of anilines is 2. The van der Waals surface area contributed by atoms with Crippen LogP contribution in [0.25, 0.3) is 21.3 Å². The van der Waals surface area contributed by atoms with Crippen LogP contribution in [0.15, 0.2) is 52.6 Å². The molecule has 0 aliphatic carbocycles. The van der Waals surface area contributed by atoms with Gasteiger partial charge >= 0.3 is 0 Å². The van der Waals surface area contributed by atoms with Crippen LogP contribution in [-0.2, 0) is 0 Å². The van der Waals surface area contributed by atoms with Crippen LogP contribution in [0, 0.1) is 0 Å². The molecule has 146 valence electrons. The molecule has 0 N–H and O–H groups in total. The Morgan fingerprint density at radius 3 is 2.34 bits per heavy atom. The summed E-state index contributed by atoms with van der Waals surface area (Å²) in [6.07, 6.45) is 3.55. The summed E-state index contributed by atoms with van der Waals surface area (Å²) in [5.41, 5.74) is 2.28. The van der Waals surface area contributed by atoms with Crippen LogP contribution in [0.2, 0.25) is 5.28 Å². The van der Waals surface area contributed by atoms with E-state index in [1.807, 2.05) is 18.2 Å². The van der Waals surface area contributed by atoms with Crippen molar-refractivity contribution in [1.82, 2.24) is 19.9 Å². The average Bonchev–Trinajstić information content (AvgIpc) is 3.18. The van der Waals surface area contributed by atoms with Crippen molar-refractivity contribution in [3.63, 3.8) is 0 Å². The number of fused-ring (bicyclic) bond motifs is 1. The molecule has 3 aromatic heterocycles. The molecule has 1 aliphatic heterocycles. The Balaban J connectivity index is 1.50. The monoisotopic (exact) mass is 486 g/mol. The van der Waals surface area contributed by atoms with Crippen LogP contribution < -0.4 is 9.80 Å². The highest BCUT2D eigenvalue weighted by Crippen LogP contribution is 2.39. The van der Waals surface area contributed by atoms with Crippen molar-refractivity contribution in [2.45, 2.75) is 0 Å². The highest BCUT2D eigenvalue weighted by molar-refractivity contribution is 9.10. The Labute approximate surface area is 185 Å². The number of benzene rings is 1. The van der Waals surface area contributed by atoms with Crippen LogP contribution >= 0.6 is 38.9 Å². The lowest BCUT2D eigenvalue weighted by atomic mass is 10.1. The lowest BCUT2D eigenvalue weighted by Crippen LogP contribution is -2.47. The molecule has 1 saturated heterocycles. The Kier molecular flexibility index (Phi) is 5.07. The summed E-state index contributed by atoms with van der Waals surface area (Å²) in [7, 11) is 0. The average molecular weight is 488 g/mol. The predicted molar refractivity (Wildman–Crippen MR) is 122 cm³/mol. The zero-order valence-electron chi connectivity index (χ0n) is 15.3. The summed E-state index contributed by atoms with van der Waals surface area (Å²) in [4.78, 5) is 23.2. The highest BCUT2D eigenvalue weighted by Gasteiger charge is 2.24. The lowest BCUT2D eigenvalue weighted by Gasteiger charge is -2.35. The summed E-state index contributed by atoms with van der Waals surface area (Å²) in [5, 5.41) is 3.48. The van der Waals surface area contributed by atoms with Crippen LogP contribution in [0.4, 0.5) is 11.8 Å². The smallest absolute Gasteiger partial charge is 0.225 e. The Hall–Kier alpha value is -2.29. The van der Waals surface area contributed by atoms with Crippen LogP contribution in [-0.4, -0.2) is 46.1 Å². The fourth-order valence-electron chi connectivity index (χ4n) is 3.54. The summed E-state index contributed by atoms with van der Waals surface area (Å²) < 4.78 is 1.06. The molecule has 4 heterocycles. The van der Waals surface area contributed by atoms with Crippen molar-refractivity contribution in [1.29, 1.82) is 0 Å². The molecule has 0 unspecified atom stereocenters. The van der Waals surface area contributed by atoms with Crippen molar-refractivity contribution in [3.8, 4) is 11.1 Å². The third-order valence-corrected chi connectivity index (χ3v) is 6.53. The van der Waals surface area contributed by atoms with E-state index in [9.17, 15) is 0 Å². The third kappa shape index (κ3) is 3.68. The van der Waals surface area contributed by atoms with Crippen molar-refractivity contribution in [2.75, 3.05) is 36.0 Å². The molecule has 1 aliphatic rings. The summed E-state index contributed by atoms with van der Waals surface area (Å²) in [6.45, 7) is 3.28. The van der Waals surface area contributed by atoms with Crippen molar-refractivity contribution < 1.29 is 0 Å². The van der Waals surface area contributed by atoms with Gasteiger partial charge in [-0.05, 0) is 35.4 Å². The van der Waals surface area contributed by atoms with Crippen LogP contribution in [0.1, 0.15) is 0 Å². The van der Waals surface area contributed by atoms with Gasteiger partial charge in [0.1, 0.15) is 10.6 Å². The number of piperazine rings is 1. The van der Waals surface area contributed by atoms with E-state index in [0.29, 0.717) is 0 Å². The van der Waals surface area contributed by atoms with Gasteiger partial charge in [-0.25, -0.2) is 15.0 Å². The Morgan fingerprint density at radius 1 is 0.931 bits per heavy atom. The summed E-state index contributed by atoms with van der Waals surface area (Å²) in [5.74, 6) is 1.66. The number of hydrogen-bond acceptors (Lipinski definition) is 7. The number of aromatic nitrogens is 4. The summed E-state index contributed by atoms with van der Waals surface area (Å²) in [6, 6.07) is 10.1. The molecular formula is C20H16BrClN6S. The number of rotatable bonds is 3. The van der Waals surface area contributed by atoms with E-state index in [1.165, 1.54) is 0 Å². The fourth-order valence-corrected chi connectivity index (χ4v) is 4.96. The second-order valence-electron chi connectivity index (χ2n) is 6.68. The lowest BCUT2D eigenvalue weighted by molar-refractivity contribution is 0.636. The molecule has 0 amide bonds. The second-order valence-corrected chi connectivity index (χ2v) is 8.79. The van der Waals surface area contributed by atoms with E-state index in [4.69, 9.17) is 11.6 Å². The maximum absolute atomic E-state index is 6.26. The molecule has 29 heavy (non-hydrogen) atoms. The Bertz CT molecular complexity index is 1140. The standard InChI is InChI=1S/C20H16BrClN6S/c21-14-4-2-13(3-5-14)15-12-29-18-16(15)17(25-19(22)26-18)27-8-10-28(11-9-27)20-23-6-1-7-24-20/h1-7,12H,8-11H2. The highest BCUT2D eigenvalue weighted by atomic mass is 79.9. The second kappa shape index (κ2) is 7.85. The normalized spacial score (nSPS) is 14.6. The fraction of sp³-hybridized carbons (Fsp3) is 0.200. The molecule has 1 fully saturated rings. The number of hydrogen-bond donors (Lipinski definition) is 0. The van der Waals surface area contributed by atoms with Crippen molar-refractivity contribution in [3.05, 3.63) is 57.9 Å². The number of thiophene rings is 1. The first-order valence-corrected chi connectivity index (χ1v) is 11.2. The molecule has 0 radical (unpaired) electrons. The van der Waals surface area contributed by atoms with E-state index < -0.39 is 0 Å². The maximum Gasteiger partial charge on any atom is 0.225 e. The molecular weight excluding hydrogens is 472 g/mol. The van der Waals surface area contributed by atoms with Crippen molar-refractivity contribution in [2.24, 2.45) is 0 Å². The molecule has 6 nitrogen and oxygen atoms in total. The topological polar surface area (TPSA) is 58.0 Å². The molecule has 0 spiro atoms. The van der Waals surface area contributed by atoms with Gasteiger partial charge in [-0.3, -0.25) is 0 Å². The maximum atomic E-state index is 6.26. The first-order valence-electron chi connectivity index (χ1n) is 9.16. The molecule has 0 bridgehead atoms. The largest absolute Gasteiger partial charge is 0.352 e.